The fraction of sp³-hybridized carbons (Fsp3) is 0.333. The Morgan fingerprint density at radius 2 is 2.18 bits per heavy atom. The third-order valence-electron chi connectivity index (χ3n) is 3.12. The highest BCUT2D eigenvalue weighted by Gasteiger charge is 2.12. The van der Waals surface area contributed by atoms with Gasteiger partial charge in [-0.2, -0.15) is 0 Å². The zero-order chi connectivity index (χ0) is 16.1. The van der Waals surface area contributed by atoms with Crippen molar-refractivity contribution in [2.24, 2.45) is 0 Å². The molecule has 0 unspecified atom stereocenters. The van der Waals surface area contributed by atoms with Crippen molar-refractivity contribution in [3.05, 3.63) is 51.5 Å². The largest absolute Gasteiger partial charge is 0.338 e. The van der Waals surface area contributed by atoms with Gasteiger partial charge in [0.2, 0.25) is 0 Å². The molecule has 2 aromatic rings. The Bertz CT molecular complexity index is 660. The zero-order valence-electron chi connectivity index (χ0n) is 12.3. The Morgan fingerprint density at radius 3 is 2.82 bits per heavy atom. The minimum absolute atomic E-state index is 0.201. The minimum Gasteiger partial charge on any atom is -0.338 e. The molecule has 1 aromatic heterocycles. The highest BCUT2D eigenvalue weighted by Crippen LogP contribution is 2.15. The molecule has 4 nitrogen and oxygen atoms in total. The van der Waals surface area contributed by atoms with Gasteiger partial charge in [0, 0.05) is 18.0 Å². The Hall–Kier alpha value is -2.02. The normalized spacial score (nSPS) is 12.0. The Balaban J connectivity index is 1.78. The van der Waals surface area contributed by atoms with Crippen molar-refractivity contribution < 1.29 is 13.6 Å². The Kier molecular flexibility index (Phi) is 5.43. The quantitative estimate of drug-likeness (QED) is 0.886. The van der Waals surface area contributed by atoms with E-state index in [9.17, 15) is 13.6 Å². The maximum Gasteiger partial charge on any atom is 0.315 e. The number of nitrogens with one attached hydrogen (secondary N) is 2. The molecular formula is C15H17F2N3OS. The summed E-state index contributed by atoms with van der Waals surface area (Å²) in [6, 6.07) is 2.87. The van der Waals surface area contributed by atoms with Crippen LogP contribution in [0.25, 0.3) is 0 Å². The highest BCUT2D eigenvalue weighted by atomic mass is 32.1. The van der Waals surface area contributed by atoms with E-state index in [1.807, 2.05) is 19.2 Å². The lowest BCUT2D eigenvalue weighted by Crippen LogP contribution is -2.38. The SMILES string of the molecule is Cc1nc([C@H](C)NC(=O)NCCc2ccc(F)cc2F)cs1. The van der Waals surface area contributed by atoms with Crippen molar-refractivity contribution >= 4 is 17.4 Å². The fourth-order valence-corrected chi connectivity index (χ4v) is 2.64. The first-order chi connectivity index (χ1) is 10.5. The van der Waals surface area contributed by atoms with E-state index in [0.717, 1.165) is 16.8 Å². The maximum absolute atomic E-state index is 13.4. The van der Waals surface area contributed by atoms with Crippen LogP contribution < -0.4 is 10.6 Å². The van der Waals surface area contributed by atoms with Gasteiger partial charge in [0.25, 0.3) is 0 Å². The summed E-state index contributed by atoms with van der Waals surface area (Å²) in [5, 5.41) is 8.24. The van der Waals surface area contributed by atoms with Crippen molar-refractivity contribution in [1.29, 1.82) is 0 Å². The molecule has 0 saturated heterocycles. The van der Waals surface area contributed by atoms with Crippen LogP contribution in [0.3, 0.4) is 0 Å². The van der Waals surface area contributed by atoms with Crippen molar-refractivity contribution in [2.75, 3.05) is 6.54 Å². The summed E-state index contributed by atoms with van der Waals surface area (Å²) < 4.78 is 26.2. The molecule has 7 heteroatoms. The Labute approximate surface area is 131 Å². The van der Waals surface area contributed by atoms with Crippen LogP contribution in [0.4, 0.5) is 13.6 Å². The number of rotatable bonds is 5. The second-order valence-corrected chi connectivity index (χ2v) is 5.96. The number of halogens is 2. The molecule has 0 spiro atoms. The molecule has 118 valence electrons. The van der Waals surface area contributed by atoms with Gasteiger partial charge in [0.15, 0.2) is 0 Å². The average Bonchev–Trinajstić information content (AvgIpc) is 2.88. The summed E-state index contributed by atoms with van der Waals surface area (Å²) in [5.74, 6) is -1.21. The molecule has 1 atom stereocenters. The third kappa shape index (κ3) is 4.49. The summed E-state index contributed by atoms with van der Waals surface area (Å²) in [5.41, 5.74) is 1.17. The second kappa shape index (κ2) is 7.31. The topological polar surface area (TPSA) is 54.0 Å². The molecule has 22 heavy (non-hydrogen) atoms. The number of carbonyl (C=O) groups excluding carboxylic acids is 1. The van der Waals surface area contributed by atoms with Gasteiger partial charge in [0.05, 0.1) is 16.7 Å². The van der Waals surface area contributed by atoms with Gasteiger partial charge in [-0.05, 0) is 31.9 Å². The van der Waals surface area contributed by atoms with E-state index in [2.05, 4.69) is 15.6 Å². The van der Waals surface area contributed by atoms with Crippen LogP contribution in [0.1, 0.15) is 29.2 Å². The van der Waals surface area contributed by atoms with Gasteiger partial charge < -0.3 is 10.6 Å². The number of hydrogen-bond donors (Lipinski definition) is 2. The van der Waals surface area contributed by atoms with E-state index >= 15 is 0 Å². The predicted octanol–water partition coefficient (Wildman–Crippen LogP) is 3.33. The van der Waals surface area contributed by atoms with Crippen LogP contribution in [0.15, 0.2) is 23.6 Å². The van der Waals surface area contributed by atoms with Gasteiger partial charge >= 0.3 is 6.03 Å². The molecule has 0 aliphatic heterocycles. The first-order valence-electron chi connectivity index (χ1n) is 6.86. The Morgan fingerprint density at radius 1 is 1.41 bits per heavy atom. The summed E-state index contributed by atoms with van der Waals surface area (Å²) in [6.45, 7) is 4.00. The molecule has 2 rings (SSSR count). The number of thiazole rings is 1. The monoisotopic (exact) mass is 325 g/mol. The van der Waals surface area contributed by atoms with Crippen LogP contribution in [-0.4, -0.2) is 17.6 Å². The average molecular weight is 325 g/mol. The lowest BCUT2D eigenvalue weighted by atomic mass is 10.1. The predicted molar refractivity (Wildman–Crippen MR) is 81.9 cm³/mol. The van der Waals surface area contributed by atoms with Gasteiger partial charge in [0.1, 0.15) is 11.6 Å². The van der Waals surface area contributed by atoms with Gasteiger partial charge in [-0.3, -0.25) is 0 Å². The molecule has 0 bridgehead atoms. The van der Waals surface area contributed by atoms with Crippen LogP contribution in [0, 0.1) is 18.6 Å². The molecular weight excluding hydrogens is 308 g/mol. The van der Waals surface area contributed by atoms with E-state index < -0.39 is 11.6 Å². The van der Waals surface area contributed by atoms with Crippen LogP contribution in [0.5, 0.6) is 0 Å². The number of amides is 2. The number of nitrogens with zero attached hydrogens (tertiary/aromatic N) is 1. The molecule has 1 aromatic carbocycles. The van der Waals surface area contributed by atoms with Crippen LogP contribution in [0.2, 0.25) is 0 Å². The van der Waals surface area contributed by atoms with Gasteiger partial charge in [-0.1, -0.05) is 6.07 Å². The first-order valence-corrected chi connectivity index (χ1v) is 7.74. The molecule has 0 radical (unpaired) electrons. The van der Waals surface area contributed by atoms with E-state index in [-0.39, 0.29) is 18.6 Å². The van der Waals surface area contributed by atoms with Crippen LogP contribution >= 0.6 is 11.3 Å². The van der Waals surface area contributed by atoms with E-state index in [1.54, 1.807) is 0 Å². The second-order valence-electron chi connectivity index (χ2n) is 4.90. The number of aryl methyl sites for hydroxylation is 1. The number of carbonyl (C=O) groups is 1. The molecule has 0 saturated carbocycles. The summed E-state index contributed by atoms with van der Waals surface area (Å²) in [7, 11) is 0. The molecule has 2 amide bonds. The summed E-state index contributed by atoms with van der Waals surface area (Å²) >= 11 is 1.52. The smallest absolute Gasteiger partial charge is 0.315 e. The zero-order valence-corrected chi connectivity index (χ0v) is 13.1. The number of benzene rings is 1. The van der Waals surface area contributed by atoms with Crippen molar-refractivity contribution in [3.63, 3.8) is 0 Å². The third-order valence-corrected chi connectivity index (χ3v) is 3.91. The number of urea groups is 1. The maximum atomic E-state index is 13.4. The highest BCUT2D eigenvalue weighted by molar-refractivity contribution is 7.09. The van der Waals surface area contributed by atoms with Gasteiger partial charge in [-0.15, -0.1) is 11.3 Å². The summed E-state index contributed by atoms with van der Waals surface area (Å²) in [4.78, 5) is 16.1. The van der Waals surface area contributed by atoms with E-state index in [4.69, 9.17) is 0 Å². The number of aromatic nitrogens is 1. The molecule has 1 heterocycles. The van der Waals surface area contributed by atoms with Crippen molar-refractivity contribution in [3.8, 4) is 0 Å². The fourth-order valence-electron chi connectivity index (χ4n) is 1.94. The van der Waals surface area contributed by atoms with Crippen molar-refractivity contribution in [2.45, 2.75) is 26.3 Å². The van der Waals surface area contributed by atoms with E-state index in [0.29, 0.717) is 12.0 Å². The molecule has 0 aliphatic rings. The van der Waals surface area contributed by atoms with Crippen LogP contribution in [-0.2, 0) is 6.42 Å². The van der Waals surface area contributed by atoms with Gasteiger partial charge in [-0.25, -0.2) is 18.6 Å². The summed E-state index contributed by atoms with van der Waals surface area (Å²) in [6.07, 6.45) is 0.295. The molecule has 0 fully saturated rings. The molecule has 2 N–H and O–H groups in total. The molecule has 0 aliphatic carbocycles. The lowest BCUT2D eigenvalue weighted by Gasteiger charge is -2.13. The lowest BCUT2D eigenvalue weighted by molar-refractivity contribution is 0.238. The van der Waals surface area contributed by atoms with E-state index in [1.165, 1.54) is 23.5 Å². The number of hydrogen-bond acceptors (Lipinski definition) is 3. The standard InChI is InChI=1S/C15H17F2N3OS/c1-9(14-8-22-10(2)20-14)19-15(21)18-6-5-11-3-4-12(16)7-13(11)17/h3-4,7-9H,5-6H2,1-2H3,(H2,18,19,21)/t9-/m0/s1. The minimum atomic E-state index is -0.612. The first kappa shape index (κ1) is 16.4. The van der Waals surface area contributed by atoms with Crippen molar-refractivity contribution in [1.82, 2.24) is 15.6 Å².